The summed E-state index contributed by atoms with van der Waals surface area (Å²) >= 11 is 0. The molecule has 2 bridgehead atoms. The average molecular weight is 553 g/mol. The minimum atomic E-state index is -0.987. The smallest absolute Gasteiger partial charge is 0.405 e. The van der Waals surface area contributed by atoms with Gasteiger partial charge in [0.2, 0.25) is 0 Å². The van der Waals surface area contributed by atoms with E-state index in [0.717, 1.165) is 6.07 Å². The van der Waals surface area contributed by atoms with Gasteiger partial charge < -0.3 is 40.6 Å². The number of rotatable bonds is 3. The van der Waals surface area contributed by atoms with Crippen molar-refractivity contribution in [3.63, 3.8) is 0 Å². The first kappa shape index (κ1) is 32.1. The maximum atomic E-state index is 14.6. The van der Waals surface area contributed by atoms with Crippen molar-refractivity contribution in [2.45, 2.75) is 77.8 Å². The third-order valence-electron chi connectivity index (χ3n) is 7.10. The van der Waals surface area contributed by atoms with Crippen molar-refractivity contribution in [2.75, 3.05) is 19.5 Å². The van der Waals surface area contributed by atoms with Gasteiger partial charge in [0.1, 0.15) is 5.75 Å². The van der Waals surface area contributed by atoms with Crippen molar-refractivity contribution in [2.24, 2.45) is 17.6 Å². The van der Waals surface area contributed by atoms with Crippen molar-refractivity contribution >= 4 is 17.7 Å². The van der Waals surface area contributed by atoms with Crippen LogP contribution in [0.2, 0.25) is 0 Å². The molecule has 1 aliphatic heterocycles. The van der Waals surface area contributed by atoms with Crippen LogP contribution in [0, 0.1) is 17.7 Å². The van der Waals surface area contributed by atoms with Gasteiger partial charge in [-0.3, -0.25) is 4.79 Å². The zero-order valence-electron chi connectivity index (χ0n) is 23.4. The lowest BCUT2D eigenvalue weighted by Crippen LogP contribution is -2.37. The molecule has 1 aliphatic rings. The average Bonchev–Trinajstić information content (AvgIpc) is 2.88. The number of amides is 2. The number of fused-ring (bicyclic) bond motifs is 2. The minimum absolute atomic E-state index is 0.0486. The van der Waals surface area contributed by atoms with Crippen LogP contribution in [0.1, 0.15) is 52.5 Å². The van der Waals surface area contributed by atoms with Gasteiger partial charge in [0.25, 0.3) is 5.91 Å². The molecule has 0 saturated heterocycles. The zero-order valence-corrected chi connectivity index (χ0v) is 23.4. The lowest BCUT2D eigenvalue weighted by atomic mass is 9.87. The van der Waals surface area contributed by atoms with Crippen molar-refractivity contribution in [3.05, 3.63) is 40.7 Å². The molecule has 0 radical (unpaired) electrons. The van der Waals surface area contributed by atoms with Gasteiger partial charge in [-0.25, -0.2) is 9.18 Å². The van der Waals surface area contributed by atoms with Crippen LogP contribution >= 0.6 is 0 Å². The molecule has 0 aliphatic carbocycles. The van der Waals surface area contributed by atoms with Crippen LogP contribution in [0.3, 0.4) is 0 Å². The second kappa shape index (κ2) is 14.3. The molecule has 6 atom stereocenters. The minimum Gasteiger partial charge on any atom is -0.505 e. The van der Waals surface area contributed by atoms with E-state index in [4.69, 9.17) is 19.9 Å². The number of hydrogen-bond donors (Lipinski definition) is 5. The maximum absolute atomic E-state index is 14.6. The number of allylic oxidation sites excluding steroid dienone is 1. The normalized spacial score (nSPS) is 27.7. The first-order valence-electron chi connectivity index (χ1n) is 12.9. The van der Waals surface area contributed by atoms with E-state index >= 15 is 0 Å². The van der Waals surface area contributed by atoms with Gasteiger partial charge in [0.05, 0.1) is 24.0 Å². The fourth-order valence-corrected chi connectivity index (χ4v) is 4.88. The van der Waals surface area contributed by atoms with Gasteiger partial charge in [0, 0.05) is 37.3 Å². The van der Waals surface area contributed by atoms with Crippen molar-refractivity contribution in [1.82, 2.24) is 0 Å². The van der Waals surface area contributed by atoms with E-state index in [1.165, 1.54) is 14.2 Å². The van der Waals surface area contributed by atoms with Gasteiger partial charge in [-0.05, 0) is 51.0 Å². The number of anilines is 1. The number of carbonyl (C=O) groups excluding carboxylic acids is 2. The van der Waals surface area contributed by atoms with E-state index in [9.17, 15) is 29.3 Å². The molecule has 10 nitrogen and oxygen atoms in total. The zero-order chi connectivity index (χ0) is 29.4. The van der Waals surface area contributed by atoms with Crippen LogP contribution < -0.4 is 11.1 Å². The van der Waals surface area contributed by atoms with Gasteiger partial charge in [0.15, 0.2) is 17.7 Å². The van der Waals surface area contributed by atoms with Gasteiger partial charge >= 0.3 is 6.09 Å². The molecule has 6 N–H and O–H groups in total. The van der Waals surface area contributed by atoms with Crippen LogP contribution in [0.15, 0.2) is 29.4 Å². The second-order valence-corrected chi connectivity index (χ2v) is 10.2. The molecule has 0 unspecified atom stereocenters. The largest absolute Gasteiger partial charge is 0.505 e. The Labute approximate surface area is 228 Å². The Balaban J connectivity index is 2.56. The van der Waals surface area contributed by atoms with E-state index in [-0.39, 0.29) is 23.6 Å². The summed E-state index contributed by atoms with van der Waals surface area (Å²) in [6.45, 7) is 6.91. The highest BCUT2D eigenvalue weighted by Gasteiger charge is 2.30. The number of hydrogen-bond acceptors (Lipinski definition) is 8. The molecular formula is C28H41FN2O8. The van der Waals surface area contributed by atoms with Crippen LogP contribution in [0.4, 0.5) is 14.9 Å². The van der Waals surface area contributed by atoms with Crippen molar-refractivity contribution in [3.8, 4) is 11.5 Å². The summed E-state index contributed by atoms with van der Waals surface area (Å²) in [6.07, 6.45) is 0.408. The van der Waals surface area contributed by atoms with E-state index < -0.39 is 59.7 Å². The first-order valence-corrected chi connectivity index (χ1v) is 12.9. The number of aliphatic hydroxyl groups is 1. The van der Waals surface area contributed by atoms with E-state index in [1.54, 1.807) is 32.9 Å². The molecule has 2 amide bonds. The number of halogens is 1. The topological polar surface area (TPSA) is 161 Å². The fraction of sp³-hybridized carbons (Fsp3) is 0.571. The quantitative estimate of drug-likeness (QED) is 0.214. The fourth-order valence-electron chi connectivity index (χ4n) is 4.88. The number of phenols is 2. The molecule has 0 saturated carbocycles. The van der Waals surface area contributed by atoms with Crippen molar-refractivity contribution in [1.29, 1.82) is 0 Å². The molecule has 218 valence electrons. The molecular weight excluding hydrogens is 511 g/mol. The van der Waals surface area contributed by atoms with E-state index in [0.29, 0.717) is 30.4 Å². The van der Waals surface area contributed by atoms with Gasteiger partial charge in [-0.15, -0.1) is 0 Å². The van der Waals surface area contributed by atoms with Crippen LogP contribution in [0.25, 0.3) is 0 Å². The van der Waals surface area contributed by atoms with Crippen LogP contribution in [0.5, 0.6) is 11.5 Å². The molecule has 11 heteroatoms. The van der Waals surface area contributed by atoms with Gasteiger partial charge in [-0.1, -0.05) is 26.0 Å². The third kappa shape index (κ3) is 8.42. The summed E-state index contributed by atoms with van der Waals surface area (Å²) in [5, 5.41) is 34.7. The third-order valence-corrected chi connectivity index (χ3v) is 7.10. The molecule has 39 heavy (non-hydrogen) atoms. The Morgan fingerprint density at radius 1 is 1.13 bits per heavy atom. The standard InChI is InChI=1S/C28H41FN2O8/c1-14-10-18-24(33)19(29)13-20(25(18)34)31-27(35)15(2)8-7-9-21(37-5)26(39-28(30)36)17(4)12-16(3)23(32)22(11-14)38-6/h8,12-14,16,21-23,26,32-34H,7,9-11H2,1-6H3,(H2,30,36)(H,31,35)/t14-,16+,21+,22+,23-,26+/m1/s1. The SMILES string of the molecule is CO[C@H]1C[C@H](C)Cc2c(O)c(F)cc(c2O)NC(=O)C(C)=CCC[C@H](OC)[C@@H](OC(N)=O)C(C)=C[C@H](C)[C@H]1O. The number of carbonyl (C=O) groups is 2. The molecule has 0 fully saturated rings. The Hall–Kier alpha value is -3.15. The monoisotopic (exact) mass is 552 g/mol. The molecule has 2 rings (SSSR count). The summed E-state index contributed by atoms with van der Waals surface area (Å²) < 4.78 is 31.1. The van der Waals surface area contributed by atoms with Crippen LogP contribution in [-0.2, 0) is 25.4 Å². The Morgan fingerprint density at radius 2 is 1.77 bits per heavy atom. The number of aliphatic hydroxyl groups excluding tert-OH is 1. The summed E-state index contributed by atoms with van der Waals surface area (Å²) in [5.41, 5.74) is 6.01. The predicted octanol–water partition coefficient (Wildman–Crippen LogP) is 3.92. The molecule has 1 aromatic carbocycles. The van der Waals surface area contributed by atoms with Crippen molar-refractivity contribution < 1.29 is 43.5 Å². The summed E-state index contributed by atoms with van der Waals surface area (Å²) in [7, 11) is 2.92. The van der Waals surface area contributed by atoms with E-state index in [1.807, 2.05) is 6.92 Å². The number of nitrogens with two attached hydrogens (primary N) is 1. The Morgan fingerprint density at radius 3 is 2.36 bits per heavy atom. The summed E-state index contributed by atoms with van der Waals surface area (Å²) in [5.74, 6) is -3.42. The number of methoxy groups -OCH3 is 2. The van der Waals surface area contributed by atoms with Crippen LogP contribution in [-0.4, -0.2) is 66.0 Å². The number of primary amides is 1. The highest BCUT2D eigenvalue weighted by atomic mass is 19.1. The molecule has 1 heterocycles. The predicted molar refractivity (Wildman–Crippen MR) is 144 cm³/mol. The number of nitrogens with one attached hydrogen (secondary N) is 1. The lowest BCUT2D eigenvalue weighted by molar-refractivity contribution is -0.112. The number of phenolic OH excluding ortho intramolecular Hbond substituents is 2. The second-order valence-electron chi connectivity index (χ2n) is 10.2. The number of benzene rings is 1. The number of ether oxygens (including phenoxy) is 3. The maximum Gasteiger partial charge on any atom is 0.405 e. The summed E-state index contributed by atoms with van der Waals surface area (Å²) in [4.78, 5) is 24.5. The molecule has 0 aromatic heterocycles. The van der Waals surface area contributed by atoms with Gasteiger partial charge in [-0.2, -0.15) is 0 Å². The first-order chi connectivity index (χ1) is 18.3. The molecule has 1 aromatic rings. The number of aromatic hydroxyl groups is 2. The molecule has 0 spiro atoms. The lowest BCUT2D eigenvalue weighted by Gasteiger charge is -2.30. The Kier molecular flexibility index (Phi) is 11.8. The van der Waals surface area contributed by atoms with E-state index in [2.05, 4.69) is 5.32 Å². The Bertz CT molecular complexity index is 1090. The summed E-state index contributed by atoms with van der Waals surface area (Å²) in [6, 6.07) is 0.858. The highest BCUT2D eigenvalue weighted by Crippen LogP contribution is 2.39. The highest BCUT2D eigenvalue weighted by molar-refractivity contribution is 6.04.